The third kappa shape index (κ3) is 5.73. The van der Waals surface area contributed by atoms with E-state index < -0.39 is 34.9 Å². The maximum absolute atomic E-state index is 14.6. The number of fused-ring (bicyclic) bond motifs is 3. The van der Waals surface area contributed by atoms with Crippen LogP contribution >= 0.6 is 0 Å². The number of nitrogens with two attached hydrogens (primary N) is 1. The van der Waals surface area contributed by atoms with E-state index in [1.54, 1.807) is 33.3 Å². The van der Waals surface area contributed by atoms with Crippen LogP contribution < -0.4 is 11.3 Å². The highest BCUT2D eigenvalue weighted by molar-refractivity contribution is 5.82. The van der Waals surface area contributed by atoms with Crippen molar-refractivity contribution in [2.45, 2.75) is 25.2 Å². The van der Waals surface area contributed by atoms with Crippen molar-refractivity contribution in [2.75, 3.05) is 5.43 Å². The smallest absolute Gasteiger partial charge is 0.306 e. The molecule has 0 aliphatic heterocycles. The van der Waals surface area contributed by atoms with Crippen molar-refractivity contribution < 1.29 is 35.2 Å². The van der Waals surface area contributed by atoms with Crippen LogP contribution in [0.25, 0.3) is 62.4 Å². The van der Waals surface area contributed by atoms with Gasteiger partial charge in [0, 0.05) is 65.1 Å². The molecule has 0 amide bonds. The number of hydrazine groups is 1. The molecule has 0 unspecified atom stereocenters. The van der Waals surface area contributed by atoms with Crippen LogP contribution in [0.1, 0.15) is 31.0 Å². The van der Waals surface area contributed by atoms with Crippen LogP contribution in [-0.2, 0) is 0 Å². The number of hydrogen-bond donors (Lipinski definition) is 2. The Morgan fingerprint density at radius 1 is 0.655 bits per heavy atom. The number of anilines is 1. The zero-order valence-corrected chi connectivity index (χ0v) is 28.0. The quantitative estimate of drug-likeness (QED) is 0.0742. The number of imidazole rings is 2. The molecule has 0 bridgehead atoms. The predicted molar refractivity (Wildman–Crippen MR) is 185 cm³/mol. The second kappa shape index (κ2) is 13.2. The van der Waals surface area contributed by atoms with Crippen molar-refractivity contribution in [1.82, 2.24) is 38.4 Å². The zero-order valence-electron chi connectivity index (χ0n) is 28.0. The molecule has 12 nitrogen and oxygen atoms in total. The van der Waals surface area contributed by atoms with Gasteiger partial charge >= 0.3 is 11.7 Å². The first kappa shape index (κ1) is 33.9. The fourth-order valence-electron chi connectivity index (χ4n) is 6.52. The van der Waals surface area contributed by atoms with Crippen molar-refractivity contribution in [3.05, 3.63) is 127 Å². The predicted octanol–water partition coefficient (Wildman–Crippen LogP) is 8.35. The standard InChI is InChI=1S/C21H14F3N5O.C16H10F3N5O/c22-14-9-16(24)15(23)8-13(14)18-19(28-6-7-30-21(28)25-18)12-4-5-17-26-27-20(29(17)10-12)11-2-1-3-11;17-10-6-12(19)11(18)5-9(10)14-15(24-3-4-25-16(24)22-14)8-1-2-13(23-20)21-7-8/h4-11H,1-3H2;1-7H,20H2,(H,21,23). The first-order valence-corrected chi connectivity index (χ1v) is 16.7. The van der Waals surface area contributed by atoms with Gasteiger partial charge in [0.15, 0.2) is 28.9 Å². The van der Waals surface area contributed by atoms with Crippen LogP contribution in [-0.4, -0.2) is 38.4 Å². The van der Waals surface area contributed by atoms with Gasteiger partial charge in [0.05, 0.1) is 11.4 Å². The van der Waals surface area contributed by atoms with Crippen molar-refractivity contribution in [1.29, 1.82) is 0 Å². The molecule has 1 saturated carbocycles. The van der Waals surface area contributed by atoms with E-state index in [0.717, 1.165) is 37.2 Å². The lowest BCUT2D eigenvalue weighted by Gasteiger charge is -2.23. The molecule has 9 aromatic rings. The fourth-order valence-corrected chi connectivity index (χ4v) is 6.52. The van der Waals surface area contributed by atoms with Crippen LogP contribution in [0.3, 0.4) is 0 Å². The summed E-state index contributed by atoms with van der Waals surface area (Å²) in [5, 5.41) is 8.56. The number of pyridine rings is 2. The highest BCUT2D eigenvalue weighted by atomic mass is 19.2. The van der Waals surface area contributed by atoms with E-state index in [4.69, 9.17) is 14.7 Å². The van der Waals surface area contributed by atoms with Gasteiger partial charge in [-0.1, -0.05) is 6.42 Å². The summed E-state index contributed by atoms with van der Waals surface area (Å²) in [5.41, 5.74) is 5.20. The summed E-state index contributed by atoms with van der Waals surface area (Å²) in [7, 11) is 0. The lowest BCUT2D eigenvalue weighted by molar-refractivity contribution is 0.399. The normalized spacial score (nSPS) is 13.1. The van der Waals surface area contributed by atoms with E-state index in [9.17, 15) is 26.3 Å². The Hall–Kier alpha value is -6.95. The molecular weight excluding hydrogens is 730 g/mol. The third-order valence-electron chi connectivity index (χ3n) is 9.41. The van der Waals surface area contributed by atoms with Crippen molar-refractivity contribution in [3.8, 4) is 45.0 Å². The molecule has 0 spiro atoms. The number of halogens is 6. The van der Waals surface area contributed by atoms with E-state index in [1.165, 1.54) is 18.7 Å². The number of oxazole rings is 2. The topological polar surface area (TPSA) is 142 Å². The van der Waals surface area contributed by atoms with Gasteiger partial charge in [-0.25, -0.2) is 37.2 Å². The van der Waals surface area contributed by atoms with Gasteiger partial charge < -0.3 is 14.3 Å². The Kier molecular flexibility index (Phi) is 8.11. The number of benzene rings is 2. The zero-order chi connectivity index (χ0) is 38.0. The maximum atomic E-state index is 14.6. The van der Waals surface area contributed by atoms with Crippen LogP contribution in [0.2, 0.25) is 0 Å². The minimum absolute atomic E-state index is 0.103. The van der Waals surface area contributed by atoms with Crippen LogP contribution in [0.5, 0.6) is 0 Å². The van der Waals surface area contributed by atoms with E-state index in [-0.39, 0.29) is 34.2 Å². The molecule has 10 rings (SSSR count). The largest absolute Gasteiger partial charge is 0.432 e. The summed E-state index contributed by atoms with van der Waals surface area (Å²) in [4.78, 5) is 12.6. The van der Waals surface area contributed by atoms with Gasteiger partial charge in [0.2, 0.25) is 0 Å². The van der Waals surface area contributed by atoms with Gasteiger partial charge in [-0.2, -0.15) is 9.97 Å². The SMILES string of the molecule is Fc1cc(F)c(-c2nc3occn3c2-c2ccc3nnc(C4CCC4)n3c2)cc1F.NNc1ccc(-c2c(-c3cc(F)c(F)cc3F)nc3occn23)cn1. The molecule has 1 aliphatic rings. The molecule has 55 heavy (non-hydrogen) atoms. The summed E-state index contributed by atoms with van der Waals surface area (Å²) in [6.07, 6.45) is 12.7. The third-order valence-corrected chi connectivity index (χ3v) is 9.41. The highest BCUT2D eigenvalue weighted by Crippen LogP contribution is 2.39. The highest BCUT2D eigenvalue weighted by Gasteiger charge is 2.27. The molecule has 1 fully saturated rings. The van der Waals surface area contributed by atoms with E-state index in [1.807, 2.05) is 22.7 Å². The Morgan fingerprint density at radius 2 is 1.22 bits per heavy atom. The monoisotopic (exact) mass is 754 g/mol. The minimum atomic E-state index is -1.27. The molecule has 0 saturated heterocycles. The van der Waals surface area contributed by atoms with E-state index in [0.29, 0.717) is 52.0 Å². The lowest BCUT2D eigenvalue weighted by Crippen LogP contribution is -2.12. The summed E-state index contributed by atoms with van der Waals surface area (Å²) < 4.78 is 98.7. The number of nitrogens with one attached hydrogen (secondary N) is 1. The maximum Gasteiger partial charge on any atom is 0.306 e. The number of nitrogen functional groups attached to an aromatic ring is 1. The second-order valence-corrected chi connectivity index (χ2v) is 12.6. The second-order valence-electron chi connectivity index (χ2n) is 12.6. The van der Waals surface area contributed by atoms with Crippen molar-refractivity contribution in [2.24, 2.45) is 5.84 Å². The van der Waals surface area contributed by atoms with Crippen molar-refractivity contribution >= 4 is 23.2 Å². The van der Waals surface area contributed by atoms with E-state index in [2.05, 4.69) is 30.6 Å². The molecule has 0 atom stereocenters. The van der Waals surface area contributed by atoms with E-state index >= 15 is 0 Å². The van der Waals surface area contributed by atoms with Gasteiger partial charge in [0.1, 0.15) is 47.2 Å². The number of rotatable bonds is 6. The van der Waals surface area contributed by atoms with Gasteiger partial charge in [-0.05, 0) is 49.2 Å². The summed E-state index contributed by atoms with van der Waals surface area (Å²) in [5.74, 6) is 0.661. The van der Waals surface area contributed by atoms with Crippen LogP contribution in [0, 0.1) is 34.9 Å². The number of nitrogens with zero attached hydrogens (tertiary/aromatic N) is 8. The van der Waals surface area contributed by atoms with Crippen LogP contribution in [0.15, 0.2) is 94.7 Å². The van der Waals surface area contributed by atoms with Gasteiger partial charge in [-0.3, -0.25) is 13.2 Å². The Morgan fingerprint density at radius 3 is 1.75 bits per heavy atom. The Balaban J connectivity index is 0.000000147. The van der Waals surface area contributed by atoms with Gasteiger partial charge in [0.25, 0.3) is 0 Å². The number of aromatic nitrogens is 8. The average molecular weight is 755 g/mol. The lowest BCUT2D eigenvalue weighted by atomic mass is 9.85. The van der Waals surface area contributed by atoms with Crippen LogP contribution in [0.4, 0.5) is 32.2 Å². The first-order chi connectivity index (χ1) is 26.7. The van der Waals surface area contributed by atoms with Crippen molar-refractivity contribution in [3.63, 3.8) is 0 Å². The molecule has 0 radical (unpaired) electrons. The number of hydrogen-bond acceptors (Lipinski definition) is 9. The summed E-state index contributed by atoms with van der Waals surface area (Å²) in [6, 6.07) is 9.50. The molecule has 2 aromatic carbocycles. The minimum Gasteiger partial charge on any atom is -0.432 e. The van der Waals surface area contributed by atoms with Gasteiger partial charge in [-0.15, -0.1) is 10.2 Å². The molecular formula is C37H24F6N10O2. The molecule has 7 heterocycles. The summed E-state index contributed by atoms with van der Waals surface area (Å²) in [6.45, 7) is 0. The molecule has 7 aromatic heterocycles. The molecule has 3 N–H and O–H groups in total. The Labute approximate surface area is 304 Å². The molecule has 18 heteroatoms. The average Bonchev–Trinajstić information content (AvgIpc) is 3.99. The molecule has 276 valence electrons. The molecule has 1 aliphatic carbocycles. The Bertz CT molecular complexity index is 2890. The first-order valence-electron chi connectivity index (χ1n) is 16.7. The fraction of sp³-hybridized carbons (Fsp3) is 0.108. The summed E-state index contributed by atoms with van der Waals surface area (Å²) >= 11 is 0.